The van der Waals surface area contributed by atoms with Gasteiger partial charge < -0.3 is 15.8 Å². The van der Waals surface area contributed by atoms with E-state index in [2.05, 4.69) is 43.4 Å². The molecular weight excluding hydrogens is 312 g/mol. The van der Waals surface area contributed by atoms with Gasteiger partial charge in [0, 0.05) is 6.54 Å². The second-order valence-corrected chi connectivity index (χ2v) is 6.63. The number of amides is 1. The van der Waals surface area contributed by atoms with E-state index in [0.29, 0.717) is 12.5 Å². The Hall–Kier alpha value is -1.10. The van der Waals surface area contributed by atoms with Crippen molar-refractivity contribution in [3.05, 3.63) is 35.4 Å². The zero-order valence-corrected chi connectivity index (χ0v) is 15.1. The summed E-state index contributed by atoms with van der Waals surface area (Å²) in [7, 11) is 0. The van der Waals surface area contributed by atoms with Gasteiger partial charge in [-0.1, -0.05) is 38.1 Å². The molecule has 1 fully saturated rings. The maximum absolute atomic E-state index is 12.2. The van der Waals surface area contributed by atoms with Gasteiger partial charge in [-0.2, -0.15) is 0 Å². The standard InChI is InChI=1S/C18H28N2O2.ClH/c1-12(2)10-14-4-6-15(7-5-14)13(3)20-18(21)17-9-8-16(11-19)22-17;/h4-7,12-13,16-17H,8-11,19H2,1-3H3,(H,20,21);1H/t13?,16-,17+;/m1./s1. The first-order valence-electron chi connectivity index (χ1n) is 8.24. The Morgan fingerprint density at radius 1 is 1.26 bits per heavy atom. The van der Waals surface area contributed by atoms with Crippen LogP contribution in [-0.2, 0) is 16.0 Å². The minimum atomic E-state index is -0.351. The van der Waals surface area contributed by atoms with Crippen LogP contribution in [0, 0.1) is 5.92 Å². The number of ether oxygens (including phenoxy) is 1. The van der Waals surface area contributed by atoms with Crippen LogP contribution < -0.4 is 11.1 Å². The van der Waals surface area contributed by atoms with E-state index < -0.39 is 0 Å². The molecule has 5 heteroatoms. The summed E-state index contributed by atoms with van der Waals surface area (Å²) in [5, 5.41) is 3.04. The van der Waals surface area contributed by atoms with Crippen molar-refractivity contribution in [3.8, 4) is 0 Å². The van der Waals surface area contributed by atoms with Crippen LogP contribution in [0.2, 0.25) is 0 Å². The zero-order valence-electron chi connectivity index (χ0n) is 14.2. The van der Waals surface area contributed by atoms with E-state index in [1.807, 2.05) is 6.92 Å². The Morgan fingerprint density at radius 3 is 2.43 bits per heavy atom. The number of carbonyl (C=O) groups excluding carboxylic acids is 1. The first-order valence-corrected chi connectivity index (χ1v) is 8.24. The third-order valence-corrected chi connectivity index (χ3v) is 4.15. The smallest absolute Gasteiger partial charge is 0.249 e. The molecule has 1 heterocycles. The van der Waals surface area contributed by atoms with Gasteiger partial charge in [0.05, 0.1) is 12.1 Å². The van der Waals surface area contributed by atoms with Crippen molar-refractivity contribution in [3.63, 3.8) is 0 Å². The Kier molecular flexibility index (Phi) is 8.03. The average Bonchev–Trinajstić information content (AvgIpc) is 2.96. The third kappa shape index (κ3) is 5.79. The van der Waals surface area contributed by atoms with Gasteiger partial charge in [0.1, 0.15) is 6.10 Å². The predicted octanol–water partition coefficient (Wildman–Crippen LogP) is 2.99. The summed E-state index contributed by atoms with van der Waals surface area (Å²) >= 11 is 0. The fourth-order valence-electron chi connectivity index (χ4n) is 2.88. The molecule has 1 saturated heterocycles. The predicted molar refractivity (Wildman–Crippen MR) is 95.7 cm³/mol. The van der Waals surface area contributed by atoms with Gasteiger partial charge in [0.25, 0.3) is 0 Å². The minimum absolute atomic E-state index is 0. The van der Waals surface area contributed by atoms with E-state index in [0.717, 1.165) is 24.8 Å². The lowest BCUT2D eigenvalue weighted by Gasteiger charge is -2.18. The molecule has 1 aliphatic rings. The summed E-state index contributed by atoms with van der Waals surface area (Å²) in [6.45, 7) is 6.92. The van der Waals surface area contributed by atoms with E-state index in [1.165, 1.54) is 5.56 Å². The van der Waals surface area contributed by atoms with Crippen LogP contribution in [0.1, 0.15) is 50.8 Å². The van der Waals surface area contributed by atoms with Crippen molar-refractivity contribution in [2.75, 3.05) is 6.54 Å². The Morgan fingerprint density at radius 2 is 1.91 bits per heavy atom. The minimum Gasteiger partial charge on any atom is -0.364 e. The van der Waals surface area contributed by atoms with Gasteiger partial charge in [0.15, 0.2) is 0 Å². The number of nitrogens with one attached hydrogen (secondary N) is 1. The number of carbonyl (C=O) groups is 1. The van der Waals surface area contributed by atoms with Crippen molar-refractivity contribution >= 4 is 18.3 Å². The van der Waals surface area contributed by atoms with Crippen LogP contribution in [0.3, 0.4) is 0 Å². The number of hydrogen-bond donors (Lipinski definition) is 2. The van der Waals surface area contributed by atoms with Crippen molar-refractivity contribution < 1.29 is 9.53 Å². The largest absolute Gasteiger partial charge is 0.364 e. The second kappa shape index (κ2) is 9.26. The van der Waals surface area contributed by atoms with Crippen molar-refractivity contribution in [1.82, 2.24) is 5.32 Å². The molecule has 1 amide bonds. The lowest BCUT2D eigenvalue weighted by Crippen LogP contribution is -2.37. The molecule has 4 nitrogen and oxygen atoms in total. The molecule has 0 aliphatic carbocycles. The van der Waals surface area contributed by atoms with Crippen molar-refractivity contribution in [2.24, 2.45) is 11.7 Å². The van der Waals surface area contributed by atoms with Crippen LogP contribution in [0.5, 0.6) is 0 Å². The summed E-state index contributed by atoms with van der Waals surface area (Å²) in [5.41, 5.74) is 8.04. The highest BCUT2D eigenvalue weighted by atomic mass is 35.5. The Bertz CT molecular complexity index is 490. The second-order valence-electron chi connectivity index (χ2n) is 6.63. The lowest BCUT2D eigenvalue weighted by molar-refractivity contribution is -0.132. The molecule has 3 N–H and O–H groups in total. The Labute approximate surface area is 145 Å². The molecule has 0 aromatic heterocycles. The van der Waals surface area contributed by atoms with Gasteiger partial charge in [-0.25, -0.2) is 0 Å². The maximum Gasteiger partial charge on any atom is 0.249 e. The lowest BCUT2D eigenvalue weighted by atomic mass is 10.00. The van der Waals surface area contributed by atoms with Gasteiger partial charge in [0.2, 0.25) is 5.91 Å². The highest BCUT2D eigenvalue weighted by molar-refractivity contribution is 5.85. The zero-order chi connectivity index (χ0) is 16.1. The molecule has 0 saturated carbocycles. The maximum atomic E-state index is 12.2. The highest BCUT2D eigenvalue weighted by Gasteiger charge is 2.30. The van der Waals surface area contributed by atoms with Crippen LogP contribution in [0.4, 0.5) is 0 Å². The first-order chi connectivity index (χ1) is 10.5. The van der Waals surface area contributed by atoms with Crippen LogP contribution in [0.25, 0.3) is 0 Å². The monoisotopic (exact) mass is 340 g/mol. The Balaban J connectivity index is 0.00000264. The molecule has 23 heavy (non-hydrogen) atoms. The van der Waals surface area contributed by atoms with Gasteiger partial charge in [-0.05, 0) is 43.2 Å². The molecule has 3 atom stereocenters. The molecule has 0 spiro atoms. The highest BCUT2D eigenvalue weighted by Crippen LogP contribution is 2.21. The topological polar surface area (TPSA) is 64.4 Å². The fraction of sp³-hybridized carbons (Fsp3) is 0.611. The van der Waals surface area contributed by atoms with Crippen molar-refractivity contribution in [2.45, 2.75) is 58.3 Å². The molecule has 130 valence electrons. The van der Waals surface area contributed by atoms with E-state index >= 15 is 0 Å². The number of hydrogen-bond acceptors (Lipinski definition) is 3. The molecule has 0 bridgehead atoms. The van der Waals surface area contributed by atoms with Crippen LogP contribution in [-0.4, -0.2) is 24.7 Å². The number of rotatable bonds is 6. The third-order valence-electron chi connectivity index (χ3n) is 4.15. The van der Waals surface area contributed by atoms with E-state index in [1.54, 1.807) is 0 Å². The van der Waals surface area contributed by atoms with Gasteiger partial charge >= 0.3 is 0 Å². The quantitative estimate of drug-likeness (QED) is 0.836. The molecule has 1 unspecified atom stereocenters. The van der Waals surface area contributed by atoms with Gasteiger partial charge in [-0.3, -0.25) is 4.79 Å². The van der Waals surface area contributed by atoms with E-state index in [-0.39, 0.29) is 36.6 Å². The normalized spacial score (nSPS) is 21.8. The van der Waals surface area contributed by atoms with Gasteiger partial charge in [-0.15, -0.1) is 12.4 Å². The molecule has 1 aliphatic heterocycles. The summed E-state index contributed by atoms with van der Waals surface area (Å²) < 4.78 is 5.63. The van der Waals surface area contributed by atoms with Crippen LogP contribution in [0.15, 0.2) is 24.3 Å². The summed E-state index contributed by atoms with van der Waals surface area (Å²) in [6, 6.07) is 8.48. The fourth-order valence-corrected chi connectivity index (χ4v) is 2.88. The van der Waals surface area contributed by atoms with Crippen LogP contribution >= 0.6 is 12.4 Å². The average molecular weight is 341 g/mol. The summed E-state index contributed by atoms with van der Waals surface area (Å²) in [6.07, 6.45) is 2.38. The van der Waals surface area contributed by atoms with Crippen molar-refractivity contribution in [1.29, 1.82) is 0 Å². The van der Waals surface area contributed by atoms with E-state index in [4.69, 9.17) is 10.5 Å². The SMILES string of the molecule is CC(C)Cc1ccc(C(C)NC(=O)[C@@H]2CC[C@H](CN)O2)cc1.Cl. The number of benzene rings is 1. The number of halogens is 1. The summed E-state index contributed by atoms with van der Waals surface area (Å²) in [5.74, 6) is 0.618. The molecule has 1 aromatic rings. The molecular formula is C18H29ClN2O2. The molecule has 2 rings (SSSR count). The number of nitrogens with two attached hydrogens (primary N) is 1. The van der Waals surface area contributed by atoms with E-state index in [9.17, 15) is 4.79 Å². The summed E-state index contributed by atoms with van der Waals surface area (Å²) in [4.78, 5) is 12.2. The molecule has 0 radical (unpaired) electrons. The first kappa shape index (κ1) is 19.9. The molecule has 1 aromatic carbocycles.